The number of nitrogens with zero attached hydrogens (tertiary/aromatic N) is 2. The van der Waals surface area contributed by atoms with Gasteiger partial charge in [-0.2, -0.15) is 5.26 Å². The molecule has 0 amide bonds. The van der Waals surface area contributed by atoms with E-state index in [2.05, 4.69) is 0 Å². The van der Waals surface area contributed by atoms with Gasteiger partial charge < -0.3 is 15.2 Å². The van der Waals surface area contributed by atoms with Gasteiger partial charge in [-0.05, 0) is 31.2 Å². The summed E-state index contributed by atoms with van der Waals surface area (Å²) in [4.78, 5) is -0.143. The molecule has 0 radical (unpaired) electrons. The number of allylic oxidation sites excluding steroid dienone is 2. The van der Waals surface area contributed by atoms with Crippen LogP contribution in [0, 0.1) is 17.1 Å². The molecular formula is C27H22FN3O4S. The van der Waals surface area contributed by atoms with Crippen molar-refractivity contribution in [3.05, 3.63) is 112 Å². The number of para-hydroxylation sites is 2. The second kappa shape index (κ2) is 9.06. The van der Waals surface area contributed by atoms with Gasteiger partial charge >= 0.3 is 0 Å². The van der Waals surface area contributed by atoms with Crippen LogP contribution < -0.4 is 14.8 Å². The summed E-state index contributed by atoms with van der Waals surface area (Å²) in [6.45, 7) is 1.90. The number of nitriles is 1. The zero-order valence-electron chi connectivity index (χ0n) is 19.3. The highest BCUT2D eigenvalue weighted by Crippen LogP contribution is 2.52. The molecular weight excluding hydrogens is 481 g/mol. The normalized spacial score (nSPS) is 18.1. The molecule has 0 fully saturated rings. The molecule has 0 bridgehead atoms. The Hall–Kier alpha value is -4.29. The second-order valence-corrected chi connectivity index (χ2v) is 10.0. The molecule has 3 aromatic rings. The van der Waals surface area contributed by atoms with E-state index in [1.54, 1.807) is 60.7 Å². The molecule has 0 aromatic heterocycles. The average molecular weight is 504 g/mol. The molecule has 1 atom stereocenters. The van der Waals surface area contributed by atoms with Crippen LogP contribution in [0.15, 0.2) is 89.2 Å². The number of hydrogen-bond donors (Lipinski definition) is 1. The molecule has 2 N–H and O–H groups in total. The Morgan fingerprint density at radius 1 is 1.08 bits per heavy atom. The summed E-state index contributed by atoms with van der Waals surface area (Å²) in [5, 5.41) is 10.0. The van der Waals surface area contributed by atoms with E-state index in [9.17, 15) is 18.1 Å². The number of benzene rings is 3. The van der Waals surface area contributed by atoms with Gasteiger partial charge in [-0.1, -0.05) is 48.5 Å². The van der Waals surface area contributed by atoms with Gasteiger partial charge in [0.25, 0.3) is 10.0 Å². The lowest BCUT2D eigenvalue weighted by molar-refractivity contribution is 0.333. The van der Waals surface area contributed by atoms with Gasteiger partial charge in [0.2, 0.25) is 5.88 Å². The van der Waals surface area contributed by atoms with Crippen molar-refractivity contribution in [2.75, 3.05) is 10.9 Å². The van der Waals surface area contributed by atoms with Gasteiger partial charge in [0, 0.05) is 16.7 Å². The summed E-state index contributed by atoms with van der Waals surface area (Å²) in [5.74, 6) is -1.31. The lowest BCUT2D eigenvalue weighted by Gasteiger charge is -2.38. The maximum Gasteiger partial charge on any atom is 0.265 e. The molecule has 2 aliphatic rings. The first-order valence-electron chi connectivity index (χ1n) is 11.3. The van der Waals surface area contributed by atoms with Crippen LogP contribution in [0.25, 0.3) is 5.76 Å². The minimum atomic E-state index is -4.32. The Morgan fingerprint density at radius 2 is 1.78 bits per heavy atom. The third-order valence-corrected chi connectivity index (χ3v) is 8.04. The van der Waals surface area contributed by atoms with Crippen molar-refractivity contribution in [3.63, 3.8) is 0 Å². The van der Waals surface area contributed by atoms with Crippen LogP contribution in [0.1, 0.15) is 29.5 Å². The molecule has 182 valence electrons. The lowest BCUT2D eigenvalue weighted by Crippen LogP contribution is -2.39. The van der Waals surface area contributed by atoms with Gasteiger partial charge in [0.05, 0.1) is 24.8 Å². The van der Waals surface area contributed by atoms with E-state index in [4.69, 9.17) is 15.2 Å². The maximum atomic E-state index is 14.6. The van der Waals surface area contributed by atoms with Crippen LogP contribution in [0.4, 0.5) is 10.1 Å². The van der Waals surface area contributed by atoms with E-state index in [-0.39, 0.29) is 34.2 Å². The molecule has 0 unspecified atom stereocenters. The Bertz CT molecular complexity index is 1570. The van der Waals surface area contributed by atoms with Crippen molar-refractivity contribution in [3.8, 4) is 11.8 Å². The minimum Gasteiger partial charge on any atom is -0.494 e. The number of sulfonamides is 1. The molecule has 5 rings (SSSR count). The zero-order chi connectivity index (χ0) is 25.4. The predicted molar refractivity (Wildman–Crippen MR) is 133 cm³/mol. The average Bonchev–Trinajstić information content (AvgIpc) is 2.87. The summed E-state index contributed by atoms with van der Waals surface area (Å²) in [6, 6.07) is 21.7. The van der Waals surface area contributed by atoms with E-state index in [0.717, 1.165) is 4.31 Å². The molecule has 0 saturated carbocycles. The van der Waals surface area contributed by atoms with Crippen molar-refractivity contribution in [2.45, 2.75) is 19.4 Å². The fourth-order valence-corrected chi connectivity index (χ4v) is 6.47. The topological polar surface area (TPSA) is 106 Å². The third kappa shape index (κ3) is 3.67. The summed E-state index contributed by atoms with van der Waals surface area (Å²) in [7, 11) is -4.32. The van der Waals surface area contributed by atoms with Crippen molar-refractivity contribution in [1.29, 1.82) is 5.26 Å². The molecule has 0 spiro atoms. The van der Waals surface area contributed by atoms with Crippen LogP contribution in [0.2, 0.25) is 0 Å². The first-order chi connectivity index (χ1) is 17.4. The molecule has 2 heterocycles. The smallest absolute Gasteiger partial charge is 0.265 e. The fraction of sp³-hybridized carbons (Fsp3) is 0.148. The minimum absolute atomic E-state index is 0.0446. The number of nitrogens with two attached hydrogens (primary N) is 1. The quantitative estimate of drug-likeness (QED) is 0.539. The van der Waals surface area contributed by atoms with Crippen molar-refractivity contribution in [1.82, 2.24) is 0 Å². The monoisotopic (exact) mass is 503 g/mol. The van der Waals surface area contributed by atoms with E-state index in [1.807, 2.05) is 13.0 Å². The number of ether oxygens (including phenoxy) is 2. The van der Waals surface area contributed by atoms with Crippen LogP contribution in [0.5, 0.6) is 5.75 Å². The summed E-state index contributed by atoms with van der Waals surface area (Å²) >= 11 is 0. The lowest BCUT2D eigenvalue weighted by atomic mass is 9.87. The zero-order valence-corrected chi connectivity index (χ0v) is 20.1. The Morgan fingerprint density at radius 3 is 2.53 bits per heavy atom. The molecule has 36 heavy (non-hydrogen) atoms. The highest BCUT2D eigenvalue weighted by molar-refractivity contribution is 7.96. The Kier molecular flexibility index (Phi) is 5.90. The van der Waals surface area contributed by atoms with Gasteiger partial charge in [-0.25, -0.2) is 12.8 Å². The van der Waals surface area contributed by atoms with E-state index in [1.165, 1.54) is 12.1 Å². The van der Waals surface area contributed by atoms with E-state index < -0.39 is 21.8 Å². The molecule has 0 saturated heterocycles. The van der Waals surface area contributed by atoms with Gasteiger partial charge in [0.15, 0.2) is 5.76 Å². The summed E-state index contributed by atoms with van der Waals surface area (Å²) in [6.07, 6.45) is 0. The van der Waals surface area contributed by atoms with E-state index >= 15 is 0 Å². The highest BCUT2D eigenvalue weighted by atomic mass is 32.2. The second-order valence-electron chi connectivity index (χ2n) is 8.21. The third-order valence-electron chi connectivity index (χ3n) is 6.16. The molecule has 9 heteroatoms. The van der Waals surface area contributed by atoms with Crippen molar-refractivity contribution >= 4 is 21.5 Å². The Labute approximate surface area is 208 Å². The fourth-order valence-electron chi connectivity index (χ4n) is 4.58. The molecule has 0 aliphatic carbocycles. The first kappa shape index (κ1) is 23.5. The highest BCUT2D eigenvalue weighted by Gasteiger charge is 2.48. The number of hydrogen-bond acceptors (Lipinski definition) is 6. The summed E-state index contributed by atoms with van der Waals surface area (Å²) in [5.41, 5.74) is 7.59. The largest absolute Gasteiger partial charge is 0.494 e. The van der Waals surface area contributed by atoms with Crippen LogP contribution in [-0.2, 0) is 21.3 Å². The maximum absolute atomic E-state index is 14.6. The number of fused-ring (bicyclic) bond motifs is 2. The predicted octanol–water partition coefficient (Wildman–Crippen LogP) is 4.75. The van der Waals surface area contributed by atoms with Gasteiger partial charge in [-0.15, -0.1) is 0 Å². The first-order valence-corrected chi connectivity index (χ1v) is 12.7. The standard InChI is InChI=1S/C27H22FN3O4S/c1-2-34-23-14-8-5-11-19(23)24-20(15-29)27(30)35-25-18-10-4-7-13-22(18)31(36(32,33)26(24)25)16-17-9-3-6-12-21(17)28/h3-14,24H,2,16,30H2,1H3/t24-/m0/s1. The number of anilines is 1. The van der Waals surface area contributed by atoms with Crippen LogP contribution in [0.3, 0.4) is 0 Å². The molecule has 2 aliphatic heterocycles. The van der Waals surface area contributed by atoms with Gasteiger partial charge in [-0.3, -0.25) is 4.31 Å². The Balaban J connectivity index is 1.78. The van der Waals surface area contributed by atoms with Crippen LogP contribution >= 0.6 is 0 Å². The van der Waals surface area contributed by atoms with E-state index in [0.29, 0.717) is 29.2 Å². The SMILES string of the molecule is CCOc1ccccc1[C@H]1C(C#N)=C(N)OC2=C1S(=O)(=O)N(Cc1ccccc1F)c1ccccc12. The van der Waals surface area contributed by atoms with Crippen LogP contribution in [-0.4, -0.2) is 15.0 Å². The number of rotatable bonds is 5. The molecule has 7 nitrogen and oxygen atoms in total. The summed E-state index contributed by atoms with van der Waals surface area (Å²) < 4.78 is 56.0. The molecule has 3 aromatic carbocycles. The van der Waals surface area contributed by atoms with Crippen molar-refractivity contribution in [2.24, 2.45) is 5.73 Å². The van der Waals surface area contributed by atoms with Crippen molar-refractivity contribution < 1.29 is 22.3 Å². The number of halogens is 1. The van der Waals surface area contributed by atoms with Gasteiger partial charge in [0.1, 0.15) is 28.1 Å².